The lowest BCUT2D eigenvalue weighted by Crippen LogP contribution is -2.45. The Labute approximate surface area is 162 Å². The van der Waals surface area contributed by atoms with Gasteiger partial charge < -0.3 is 19.8 Å². The predicted octanol–water partition coefficient (Wildman–Crippen LogP) is 3.58. The zero-order valence-electron chi connectivity index (χ0n) is 16.3. The fourth-order valence-corrected chi connectivity index (χ4v) is 3.94. The molecule has 2 aromatic carbocycles. The number of aliphatic hydroxyl groups is 2. The van der Waals surface area contributed by atoms with Gasteiger partial charge in [-0.15, -0.1) is 0 Å². The van der Waals surface area contributed by atoms with Crippen LogP contribution in [0.2, 0.25) is 0 Å². The Morgan fingerprint density at radius 3 is 2.26 bits per heavy atom. The monoisotopic (exact) mass is 369 g/mol. The number of rotatable bonds is 7. The summed E-state index contributed by atoms with van der Waals surface area (Å²) in [6.45, 7) is 1.32. The third-order valence-corrected chi connectivity index (χ3v) is 5.55. The highest BCUT2D eigenvalue weighted by Gasteiger charge is 2.40. The van der Waals surface area contributed by atoms with E-state index in [-0.39, 0.29) is 12.0 Å². The van der Waals surface area contributed by atoms with Gasteiger partial charge >= 0.3 is 0 Å². The van der Waals surface area contributed by atoms with Crippen molar-refractivity contribution in [1.29, 1.82) is 0 Å². The van der Waals surface area contributed by atoms with Crippen LogP contribution in [0, 0.1) is 0 Å². The molecule has 1 saturated carbocycles. The summed E-state index contributed by atoms with van der Waals surface area (Å²) >= 11 is 0. The van der Waals surface area contributed by atoms with Crippen LogP contribution in [0.25, 0.3) is 0 Å². The number of hydrogen-bond donors (Lipinski definition) is 2. The van der Waals surface area contributed by atoms with Crippen LogP contribution in [0.4, 0.5) is 0 Å². The summed E-state index contributed by atoms with van der Waals surface area (Å²) in [6.07, 6.45) is 2.33. The molecule has 1 unspecified atom stereocenters. The lowest BCUT2D eigenvalue weighted by Gasteiger charge is -2.42. The minimum atomic E-state index is -0.768. The SMILES string of the molecule is CN(C)CC(c1ccc(OCc2ccccc2)cc1)C1(O)CCC(O)CC1. The Balaban J connectivity index is 1.71. The molecule has 0 spiro atoms. The lowest BCUT2D eigenvalue weighted by atomic mass is 9.72. The van der Waals surface area contributed by atoms with Gasteiger partial charge in [0.2, 0.25) is 0 Å². The van der Waals surface area contributed by atoms with E-state index in [4.69, 9.17) is 4.74 Å². The molecule has 1 atom stereocenters. The van der Waals surface area contributed by atoms with Gasteiger partial charge in [0.15, 0.2) is 0 Å². The molecule has 0 amide bonds. The van der Waals surface area contributed by atoms with Crippen molar-refractivity contribution in [1.82, 2.24) is 4.90 Å². The lowest BCUT2D eigenvalue weighted by molar-refractivity contribution is -0.0556. The fourth-order valence-electron chi connectivity index (χ4n) is 3.94. The van der Waals surface area contributed by atoms with Crippen LogP contribution in [0.3, 0.4) is 0 Å². The molecule has 0 bridgehead atoms. The molecular weight excluding hydrogens is 338 g/mol. The minimum Gasteiger partial charge on any atom is -0.489 e. The van der Waals surface area contributed by atoms with E-state index in [1.165, 1.54) is 0 Å². The molecule has 4 nitrogen and oxygen atoms in total. The first kappa shape index (κ1) is 19.9. The molecule has 2 N–H and O–H groups in total. The summed E-state index contributed by atoms with van der Waals surface area (Å²) in [5, 5.41) is 21.1. The van der Waals surface area contributed by atoms with E-state index in [2.05, 4.69) is 29.2 Å². The van der Waals surface area contributed by atoms with Gasteiger partial charge in [0.25, 0.3) is 0 Å². The molecule has 4 heteroatoms. The topological polar surface area (TPSA) is 52.9 Å². The summed E-state index contributed by atoms with van der Waals surface area (Å²) in [5.41, 5.74) is 1.49. The molecule has 3 rings (SSSR count). The van der Waals surface area contributed by atoms with E-state index < -0.39 is 5.60 Å². The molecule has 0 heterocycles. The molecule has 27 heavy (non-hydrogen) atoms. The first-order chi connectivity index (χ1) is 13.0. The van der Waals surface area contributed by atoms with Crippen LogP contribution in [0.5, 0.6) is 5.75 Å². The number of benzene rings is 2. The summed E-state index contributed by atoms with van der Waals surface area (Å²) in [7, 11) is 4.07. The molecule has 1 aliphatic rings. The van der Waals surface area contributed by atoms with E-state index in [9.17, 15) is 10.2 Å². The van der Waals surface area contributed by atoms with Gasteiger partial charge in [-0.3, -0.25) is 0 Å². The van der Waals surface area contributed by atoms with Crippen LogP contribution in [0.15, 0.2) is 54.6 Å². The molecular formula is C23H31NO3. The second-order valence-electron chi connectivity index (χ2n) is 7.99. The van der Waals surface area contributed by atoms with Crippen molar-refractivity contribution < 1.29 is 14.9 Å². The smallest absolute Gasteiger partial charge is 0.119 e. The van der Waals surface area contributed by atoms with Crippen molar-refractivity contribution in [3.63, 3.8) is 0 Å². The Morgan fingerprint density at radius 1 is 1.04 bits per heavy atom. The standard InChI is InChI=1S/C23H31NO3/c1-24(2)16-22(23(26)14-12-20(25)13-15-23)19-8-10-21(11-9-19)27-17-18-6-4-3-5-7-18/h3-11,20,22,25-26H,12-17H2,1-2H3. The Kier molecular flexibility index (Phi) is 6.53. The van der Waals surface area contributed by atoms with Crippen LogP contribution in [0.1, 0.15) is 42.7 Å². The average Bonchev–Trinajstić information content (AvgIpc) is 2.68. The van der Waals surface area contributed by atoms with Gasteiger partial charge in [0, 0.05) is 12.5 Å². The molecule has 0 aromatic heterocycles. The summed E-state index contributed by atoms with van der Waals surface area (Å²) < 4.78 is 5.89. The van der Waals surface area contributed by atoms with Gasteiger partial charge in [0.1, 0.15) is 12.4 Å². The zero-order valence-corrected chi connectivity index (χ0v) is 16.3. The molecule has 146 valence electrons. The van der Waals surface area contributed by atoms with Crippen LogP contribution >= 0.6 is 0 Å². The van der Waals surface area contributed by atoms with Gasteiger partial charge in [0.05, 0.1) is 11.7 Å². The second-order valence-corrected chi connectivity index (χ2v) is 7.99. The summed E-state index contributed by atoms with van der Waals surface area (Å²) in [4.78, 5) is 2.12. The maximum absolute atomic E-state index is 11.3. The first-order valence-corrected chi connectivity index (χ1v) is 9.78. The van der Waals surface area contributed by atoms with E-state index in [0.717, 1.165) is 23.4 Å². The normalized spacial score (nSPS) is 24.0. The molecule has 0 radical (unpaired) electrons. The molecule has 2 aromatic rings. The van der Waals surface area contributed by atoms with Gasteiger partial charge in [-0.1, -0.05) is 42.5 Å². The van der Waals surface area contributed by atoms with Crippen LogP contribution in [-0.2, 0) is 6.61 Å². The Morgan fingerprint density at radius 2 is 1.67 bits per heavy atom. The zero-order chi connectivity index (χ0) is 19.3. The van der Waals surface area contributed by atoms with Crippen molar-refractivity contribution in [2.24, 2.45) is 0 Å². The predicted molar refractivity (Wildman–Crippen MR) is 108 cm³/mol. The van der Waals surface area contributed by atoms with Crippen molar-refractivity contribution >= 4 is 0 Å². The minimum absolute atomic E-state index is 0.0168. The first-order valence-electron chi connectivity index (χ1n) is 9.78. The van der Waals surface area contributed by atoms with E-state index in [0.29, 0.717) is 32.3 Å². The number of aliphatic hydroxyl groups excluding tert-OH is 1. The fraction of sp³-hybridized carbons (Fsp3) is 0.478. The highest BCUT2D eigenvalue weighted by atomic mass is 16.5. The number of likely N-dealkylation sites (N-methyl/N-ethyl adjacent to an activating group) is 1. The molecule has 1 fully saturated rings. The van der Waals surface area contributed by atoms with E-state index in [1.54, 1.807) is 0 Å². The van der Waals surface area contributed by atoms with Crippen molar-refractivity contribution in [2.45, 2.75) is 49.9 Å². The highest BCUT2D eigenvalue weighted by molar-refractivity contribution is 5.32. The summed E-state index contributed by atoms with van der Waals surface area (Å²) in [6, 6.07) is 18.2. The average molecular weight is 370 g/mol. The molecule has 0 saturated heterocycles. The quantitative estimate of drug-likeness (QED) is 0.783. The Bertz CT molecular complexity index is 691. The van der Waals surface area contributed by atoms with Crippen LogP contribution < -0.4 is 4.74 Å². The van der Waals surface area contributed by atoms with Gasteiger partial charge in [-0.05, 0) is 63.0 Å². The Hall–Kier alpha value is -1.88. The van der Waals surface area contributed by atoms with E-state index >= 15 is 0 Å². The van der Waals surface area contributed by atoms with Crippen molar-refractivity contribution in [3.8, 4) is 5.75 Å². The van der Waals surface area contributed by atoms with Gasteiger partial charge in [-0.25, -0.2) is 0 Å². The second kappa shape index (κ2) is 8.87. The number of nitrogens with zero attached hydrogens (tertiary/aromatic N) is 1. The maximum Gasteiger partial charge on any atom is 0.119 e. The maximum atomic E-state index is 11.3. The van der Waals surface area contributed by atoms with E-state index in [1.807, 2.05) is 44.4 Å². The molecule has 0 aliphatic heterocycles. The third-order valence-electron chi connectivity index (χ3n) is 5.55. The van der Waals surface area contributed by atoms with Crippen LogP contribution in [-0.4, -0.2) is 47.5 Å². The van der Waals surface area contributed by atoms with Crippen molar-refractivity contribution in [2.75, 3.05) is 20.6 Å². The summed E-state index contributed by atoms with van der Waals surface area (Å²) in [5.74, 6) is 0.848. The third kappa shape index (κ3) is 5.32. The number of hydrogen-bond acceptors (Lipinski definition) is 4. The van der Waals surface area contributed by atoms with Crippen molar-refractivity contribution in [3.05, 3.63) is 65.7 Å². The highest BCUT2D eigenvalue weighted by Crippen LogP contribution is 2.40. The van der Waals surface area contributed by atoms with Gasteiger partial charge in [-0.2, -0.15) is 0 Å². The largest absolute Gasteiger partial charge is 0.489 e. The number of ether oxygens (including phenoxy) is 1. The molecule has 1 aliphatic carbocycles.